The predicted octanol–water partition coefficient (Wildman–Crippen LogP) is 2.77. The Labute approximate surface area is 142 Å². The van der Waals surface area contributed by atoms with E-state index in [1.54, 1.807) is 4.90 Å². The van der Waals surface area contributed by atoms with Crippen molar-refractivity contribution in [2.24, 2.45) is 0 Å². The van der Waals surface area contributed by atoms with Crippen LogP contribution in [0.1, 0.15) is 23.1 Å². The first-order valence-corrected chi connectivity index (χ1v) is 8.24. The van der Waals surface area contributed by atoms with Gasteiger partial charge in [0.05, 0.1) is 12.5 Å². The molecule has 3 rings (SSSR count). The van der Waals surface area contributed by atoms with Gasteiger partial charge < -0.3 is 10.2 Å². The second-order valence-corrected chi connectivity index (χ2v) is 6.40. The minimum absolute atomic E-state index is 0.0408. The normalized spacial score (nSPS) is 17.2. The Kier molecular flexibility index (Phi) is 4.65. The number of nitrogens with zero attached hydrogens (tertiary/aromatic N) is 1. The number of hydrogen-bond acceptors (Lipinski definition) is 2. The van der Waals surface area contributed by atoms with Crippen LogP contribution in [0.15, 0.2) is 48.5 Å². The van der Waals surface area contributed by atoms with Gasteiger partial charge in [-0.3, -0.25) is 9.59 Å². The van der Waals surface area contributed by atoms with Gasteiger partial charge in [0.2, 0.25) is 11.8 Å². The lowest BCUT2D eigenvalue weighted by Crippen LogP contribution is -2.38. The first kappa shape index (κ1) is 16.2. The molecule has 0 aliphatic carbocycles. The number of carbonyl (C=O) groups excluding carboxylic acids is 2. The van der Waals surface area contributed by atoms with Crippen LogP contribution in [-0.4, -0.2) is 24.4 Å². The zero-order valence-corrected chi connectivity index (χ0v) is 14.1. The Morgan fingerprint density at radius 2 is 1.88 bits per heavy atom. The third-order valence-corrected chi connectivity index (χ3v) is 4.50. The third kappa shape index (κ3) is 3.65. The highest BCUT2D eigenvalue weighted by atomic mass is 16.2. The fourth-order valence-corrected chi connectivity index (χ4v) is 3.01. The number of hydrogen-bond donors (Lipinski definition) is 1. The number of aryl methyl sites for hydroxylation is 2. The van der Waals surface area contributed by atoms with Crippen molar-refractivity contribution < 1.29 is 9.59 Å². The van der Waals surface area contributed by atoms with Crippen molar-refractivity contribution in [3.63, 3.8) is 0 Å². The first-order chi connectivity index (χ1) is 11.5. The van der Waals surface area contributed by atoms with Crippen molar-refractivity contribution in [1.82, 2.24) is 5.32 Å². The van der Waals surface area contributed by atoms with Gasteiger partial charge in [-0.15, -0.1) is 0 Å². The molecule has 0 bridgehead atoms. The number of benzene rings is 2. The molecular weight excluding hydrogens is 300 g/mol. The SMILES string of the molecule is Cc1ccc(N2C[C@@H](NC(=O)Cc3ccccc3)CC2=O)cc1C. The summed E-state index contributed by atoms with van der Waals surface area (Å²) >= 11 is 0. The maximum Gasteiger partial charge on any atom is 0.229 e. The highest BCUT2D eigenvalue weighted by Gasteiger charge is 2.31. The summed E-state index contributed by atoms with van der Waals surface area (Å²) in [4.78, 5) is 26.2. The molecule has 2 aromatic carbocycles. The molecule has 1 N–H and O–H groups in total. The van der Waals surface area contributed by atoms with Gasteiger partial charge >= 0.3 is 0 Å². The van der Waals surface area contributed by atoms with Crippen LogP contribution in [0.2, 0.25) is 0 Å². The summed E-state index contributed by atoms with van der Waals surface area (Å²) in [5.74, 6) is 0.0178. The molecule has 0 aromatic heterocycles. The maximum atomic E-state index is 12.3. The maximum absolute atomic E-state index is 12.3. The van der Waals surface area contributed by atoms with Crippen LogP contribution in [0.4, 0.5) is 5.69 Å². The smallest absolute Gasteiger partial charge is 0.229 e. The van der Waals surface area contributed by atoms with E-state index in [-0.39, 0.29) is 17.9 Å². The van der Waals surface area contributed by atoms with Crippen LogP contribution >= 0.6 is 0 Å². The summed E-state index contributed by atoms with van der Waals surface area (Å²) in [6.07, 6.45) is 0.697. The van der Waals surface area contributed by atoms with E-state index >= 15 is 0 Å². The molecule has 4 heteroatoms. The van der Waals surface area contributed by atoms with Crippen LogP contribution in [0.5, 0.6) is 0 Å². The summed E-state index contributed by atoms with van der Waals surface area (Å²) in [7, 11) is 0. The number of nitrogens with one attached hydrogen (secondary N) is 1. The Balaban J connectivity index is 1.62. The van der Waals surface area contributed by atoms with Gasteiger partial charge in [0, 0.05) is 18.7 Å². The molecule has 1 aliphatic rings. The zero-order valence-electron chi connectivity index (χ0n) is 14.1. The fraction of sp³-hybridized carbons (Fsp3) is 0.300. The molecule has 0 radical (unpaired) electrons. The average Bonchev–Trinajstić information content (AvgIpc) is 2.91. The molecule has 0 spiro atoms. The molecule has 24 heavy (non-hydrogen) atoms. The topological polar surface area (TPSA) is 49.4 Å². The molecule has 0 unspecified atom stereocenters. The van der Waals surface area contributed by atoms with Crippen molar-refractivity contribution in [2.45, 2.75) is 32.7 Å². The van der Waals surface area contributed by atoms with Gasteiger partial charge in [-0.25, -0.2) is 0 Å². The number of rotatable bonds is 4. The van der Waals surface area contributed by atoms with Crippen molar-refractivity contribution in [3.05, 3.63) is 65.2 Å². The van der Waals surface area contributed by atoms with Gasteiger partial charge in [-0.2, -0.15) is 0 Å². The summed E-state index contributed by atoms with van der Waals surface area (Å²) in [5, 5.41) is 2.98. The lowest BCUT2D eigenvalue weighted by atomic mass is 10.1. The molecule has 1 saturated heterocycles. The van der Waals surface area contributed by atoms with Gasteiger partial charge in [-0.05, 0) is 42.7 Å². The zero-order chi connectivity index (χ0) is 17.1. The quantitative estimate of drug-likeness (QED) is 0.941. The number of amides is 2. The minimum atomic E-state index is -0.129. The summed E-state index contributed by atoms with van der Waals surface area (Å²) < 4.78 is 0. The Bertz CT molecular complexity index is 755. The standard InChI is InChI=1S/C20H22N2O2/c1-14-8-9-18(10-15(14)2)22-13-17(12-20(22)24)21-19(23)11-16-6-4-3-5-7-16/h3-10,17H,11-13H2,1-2H3,(H,21,23)/t17-/m0/s1. The van der Waals surface area contributed by atoms with Crippen molar-refractivity contribution in [2.75, 3.05) is 11.4 Å². The van der Waals surface area contributed by atoms with Crippen LogP contribution in [0, 0.1) is 13.8 Å². The minimum Gasteiger partial charge on any atom is -0.351 e. The lowest BCUT2D eigenvalue weighted by Gasteiger charge is -2.18. The van der Waals surface area contributed by atoms with Gasteiger partial charge in [0.15, 0.2) is 0 Å². The van der Waals surface area contributed by atoms with Crippen LogP contribution in [-0.2, 0) is 16.0 Å². The highest BCUT2D eigenvalue weighted by molar-refractivity contribution is 5.97. The lowest BCUT2D eigenvalue weighted by molar-refractivity contribution is -0.121. The van der Waals surface area contributed by atoms with E-state index in [2.05, 4.69) is 12.2 Å². The van der Waals surface area contributed by atoms with Crippen molar-refractivity contribution in [1.29, 1.82) is 0 Å². The predicted molar refractivity (Wildman–Crippen MR) is 95.0 cm³/mol. The summed E-state index contributed by atoms with van der Waals surface area (Å²) in [6, 6.07) is 15.5. The Morgan fingerprint density at radius 3 is 2.58 bits per heavy atom. The molecule has 2 amide bonds. The number of anilines is 1. The molecule has 1 heterocycles. The largest absolute Gasteiger partial charge is 0.351 e. The molecule has 1 aliphatic heterocycles. The summed E-state index contributed by atoms with van der Waals surface area (Å²) in [5.41, 5.74) is 4.25. The van der Waals surface area contributed by atoms with Gasteiger partial charge in [0.25, 0.3) is 0 Å². The van der Waals surface area contributed by atoms with Crippen molar-refractivity contribution >= 4 is 17.5 Å². The van der Waals surface area contributed by atoms with E-state index in [1.165, 1.54) is 5.56 Å². The Hall–Kier alpha value is -2.62. The van der Waals surface area contributed by atoms with E-state index in [0.29, 0.717) is 19.4 Å². The molecule has 124 valence electrons. The number of carbonyl (C=O) groups is 2. The first-order valence-electron chi connectivity index (χ1n) is 8.24. The average molecular weight is 322 g/mol. The molecule has 1 fully saturated rings. The molecule has 4 nitrogen and oxygen atoms in total. The molecular formula is C20H22N2O2. The van der Waals surface area contributed by atoms with E-state index in [9.17, 15) is 9.59 Å². The van der Waals surface area contributed by atoms with E-state index in [4.69, 9.17) is 0 Å². The van der Waals surface area contributed by atoms with Crippen LogP contribution < -0.4 is 10.2 Å². The van der Waals surface area contributed by atoms with E-state index in [0.717, 1.165) is 16.8 Å². The van der Waals surface area contributed by atoms with Crippen LogP contribution in [0.25, 0.3) is 0 Å². The second-order valence-electron chi connectivity index (χ2n) is 6.40. The molecule has 0 saturated carbocycles. The van der Waals surface area contributed by atoms with E-state index in [1.807, 2.05) is 55.5 Å². The third-order valence-electron chi connectivity index (χ3n) is 4.50. The monoisotopic (exact) mass is 322 g/mol. The molecule has 1 atom stereocenters. The second kappa shape index (κ2) is 6.87. The molecule has 2 aromatic rings. The fourth-order valence-electron chi connectivity index (χ4n) is 3.01. The van der Waals surface area contributed by atoms with Gasteiger partial charge in [0.1, 0.15) is 0 Å². The van der Waals surface area contributed by atoms with E-state index < -0.39 is 0 Å². The Morgan fingerprint density at radius 1 is 1.12 bits per heavy atom. The van der Waals surface area contributed by atoms with Crippen molar-refractivity contribution in [3.8, 4) is 0 Å². The van der Waals surface area contributed by atoms with Gasteiger partial charge in [-0.1, -0.05) is 36.4 Å². The summed E-state index contributed by atoms with van der Waals surface area (Å²) in [6.45, 7) is 4.62. The highest BCUT2D eigenvalue weighted by Crippen LogP contribution is 2.24. The van der Waals surface area contributed by atoms with Crippen LogP contribution in [0.3, 0.4) is 0 Å².